The molecule has 1 aliphatic heterocycles. The van der Waals surface area contributed by atoms with Gasteiger partial charge in [-0.25, -0.2) is 4.52 Å². The van der Waals surface area contributed by atoms with Gasteiger partial charge in [0.1, 0.15) is 0 Å². The van der Waals surface area contributed by atoms with E-state index in [2.05, 4.69) is 15.4 Å². The summed E-state index contributed by atoms with van der Waals surface area (Å²) < 4.78 is 1.67. The van der Waals surface area contributed by atoms with Crippen LogP contribution in [0.4, 0.5) is 0 Å². The van der Waals surface area contributed by atoms with Crippen LogP contribution in [0.2, 0.25) is 0 Å². The summed E-state index contributed by atoms with van der Waals surface area (Å²) in [6.45, 7) is 1.78. The molecule has 1 fully saturated rings. The normalized spacial score (nSPS) is 18.9. The summed E-state index contributed by atoms with van der Waals surface area (Å²) in [4.78, 5) is 18.2. The Morgan fingerprint density at radius 1 is 1.58 bits per heavy atom. The lowest BCUT2D eigenvalue weighted by Crippen LogP contribution is -2.38. The average Bonchev–Trinajstić information content (AvgIpc) is 3.06. The Morgan fingerprint density at radius 3 is 3.26 bits per heavy atom. The van der Waals surface area contributed by atoms with E-state index in [1.807, 2.05) is 7.05 Å². The van der Waals surface area contributed by atoms with Gasteiger partial charge >= 0.3 is 0 Å². The third-order valence-corrected chi connectivity index (χ3v) is 3.56. The first-order valence-corrected chi connectivity index (χ1v) is 6.52. The average molecular weight is 259 g/mol. The highest BCUT2D eigenvalue weighted by Gasteiger charge is 2.21. The predicted molar refractivity (Wildman–Crippen MR) is 71.0 cm³/mol. The van der Waals surface area contributed by atoms with Crippen LogP contribution in [0.3, 0.4) is 0 Å². The number of carbonyl (C=O) groups excluding carboxylic acids is 1. The largest absolute Gasteiger partial charge is 0.340 e. The highest BCUT2D eigenvalue weighted by atomic mass is 16.2. The second-order valence-electron chi connectivity index (χ2n) is 4.94. The minimum Gasteiger partial charge on any atom is -0.340 e. The van der Waals surface area contributed by atoms with E-state index in [9.17, 15) is 4.79 Å². The third kappa shape index (κ3) is 2.31. The quantitative estimate of drug-likeness (QED) is 0.874. The van der Waals surface area contributed by atoms with Gasteiger partial charge in [-0.15, -0.1) is 0 Å². The van der Waals surface area contributed by atoms with Crippen molar-refractivity contribution >= 4 is 11.4 Å². The predicted octanol–water partition coefficient (Wildman–Crippen LogP) is 0.553. The number of amides is 1. The van der Waals surface area contributed by atoms with Crippen molar-refractivity contribution in [2.45, 2.75) is 18.9 Å². The Labute approximate surface area is 111 Å². The first-order valence-electron chi connectivity index (χ1n) is 6.52. The van der Waals surface area contributed by atoms with E-state index in [-0.39, 0.29) is 5.91 Å². The zero-order valence-corrected chi connectivity index (χ0v) is 10.9. The minimum absolute atomic E-state index is 0.00306. The second-order valence-corrected chi connectivity index (χ2v) is 4.94. The summed E-state index contributed by atoms with van der Waals surface area (Å²) in [7, 11) is 1.84. The van der Waals surface area contributed by atoms with E-state index in [1.165, 1.54) is 6.42 Å². The maximum Gasteiger partial charge on any atom is 0.257 e. The summed E-state index contributed by atoms with van der Waals surface area (Å²) >= 11 is 0. The van der Waals surface area contributed by atoms with Gasteiger partial charge in [0, 0.05) is 32.0 Å². The Hall–Kier alpha value is -1.95. The molecule has 1 atom stereocenters. The van der Waals surface area contributed by atoms with E-state index in [4.69, 9.17) is 0 Å². The number of fused-ring (bicyclic) bond motifs is 1. The van der Waals surface area contributed by atoms with Crippen LogP contribution in [0.1, 0.15) is 23.2 Å². The number of nitrogens with one attached hydrogen (secondary N) is 1. The molecular weight excluding hydrogens is 242 g/mol. The molecule has 1 aliphatic rings. The lowest BCUT2D eigenvalue weighted by atomic mass is 10.2. The van der Waals surface area contributed by atoms with Gasteiger partial charge in [0.2, 0.25) is 0 Å². The number of aromatic nitrogens is 3. The van der Waals surface area contributed by atoms with Crippen LogP contribution in [0.25, 0.3) is 5.52 Å². The van der Waals surface area contributed by atoms with Crippen molar-refractivity contribution in [1.82, 2.24) is 24.8 Å². The van der Waals surface area contributed by atoms with Crippen molar-refractivity contribution in [1.29, 1.82) is 0 Å². The first kappa shape index (κ1) is 12.1. The first-order chi connectivity index (χ1) is 9.25. The van der Waals surface area contributed by atoms with Crippen molar-refractivity contribution in [3.05, 3.63) is 30.4 Å². The Morgan fingerprint density at radius 2 is 2.47 bits per heavy atom. The van der Waals surface area contributed by atoms with Crippen LogP contribution in [-0.2, 0) is 0 Å². The molecule has 3 rings (SSSR count). The molecule has 100 valence electrons. The fraction of sp³-hybridized carbons (Fsp3) is 0.462. The molecule has 6 heteroatoms. The maximum absolute atomic E-state index is 12.4. The number of hydrogen-bond donors (Lipinski definition) is 1. The van der Waals surface area contributed by atoms with Gasteiger partial charge in [-0.1, -0.05) is 0 Å². The Bertz CT molecular complexity index is 587. The summed E-state index contributed by atoms with van der Waals surface area (Å²) in [5, 5.41) is 7.57. The zero-order chi connectivity index (χ0) is 13.2. The van der Waals surface area contributed by atoms with Crippen LogP contribution < -0.4 is 5.32 Å². The van der Waals surface area contributed by atoms with Gasteiger partial charge in [-0.3, -0.25) is 9.78 Å². The number of hydrogen-bond acceptors (Lipinski definition) is 4. The third-order valence-electron chi connectivity index (χ3n) is 3.56. The topological polar surface area (TPSA) is 62.5 Å². The number of likely N-dealkylation sites (N-methyl/N-ethyl adjacent to an activating group) is 1. The fourth-order valence-electron chi connectivity index (χ4n) is 2.53. The molecule has 1 saturated heterocycles. The van der Waals surface area contributed by atoms with Crippen molar-refractivity contribution in [2.24, 2.45) is 0 Å². The molecule has 1 unspecified atom stereocenters. The molecular formula is C13H17N5O. The molecule has 0 radical (unpaired) electrons. The van der Waals surface area contributed by atoms with Crippen LogP contribution >= 0.6 is 0 Å². The Kier molecular flexibility index (Phi) is 3.16. The molecule has 3 heterocycles. The van der Waals surface area contributed by atoms with Crippen LogP contribution in [-0.4, -0.2) is 51.6 Å². The van der Waals surface area contributed by atoms with Crippen molar-refractivity contribution in [3.63, 3.8) is 0 Å². The van der Waals surface area contributed by atoms with Gasteiger partial charge in [-0.2, -0.15) is 5.10 Å². The molecule has 0 aliphatic carbocycles. The Balaban J connectivity index is 1.78. The van der Waals surface area contributed by atoms with Crippen molar-refractivity contribution in [3.8, 4) is 0 Å². The lowest BCUT2D eigenvalue weighted by molar-refractivity contribution is 0.0785. The second kappa shape index (κ2) is 4.97. The van der Waals surface area contributed by atoms with Gasteiger partial charge < -0.3 is 10.2 Å². The summed E-state index contributed by atoms with van der Waals surface area (Å²) in [5.41, 5.74) is 1.35. The standard InChI is InChI=1S/C13H17N5O/c1-17(9-10-3-2-4-15-10)13(19)11-7-16-18-6-5-14-8-12(11)18/h5-8,10,15H,2-4,9H2,1H3. The van der Waals surface area contributed by atoms with E-state index in [0.717, 1.165) is 25.0 Å². The lowest BCUT2D eigenvalue weighted by Gasteiger charge is -2.20. The molecule has 1 amide bonds. The molecule has 2 aromatic heterocycles. The fourth-order valence-corrected chi connectivity index (χ4v) is 2.53. The SMILES string of the molecule is CN(CC1CCCN1)C(=O)c1cnn2ccncc12. The van der Waals surface area contributed by atoms with Gasteiger partial charge in [0.15, 0.2) is 0 Å². The smallest absolute Gasteiger partial charge is 0.257 e. The summed E-state index contributed by atoms with van der Waals surface area (Å²) in [5.74, 6) is -0.00306. The molecule has 2 aromatic rings. The highest BCUT2D eigenvalue weighted by molar-refractivity contribution is 6.00. The molecule has 0 bridgehead atoms. The number of rotatable bonds is 3. The van der Waals surface area contributed by atoms with Gasteiger partial charge in [0.25, 0.3) is 5.91 Å². The van der Waals surface area contributed by atoms with E-state index in [0.29, 0.717) is 11.6 Å². The minimum atomic E-state index is -0.00306. The monoisotopic (exact) mass is 259 g/mol. The number of nitrogens with zero attached hydrogens (tertiary/aromatic N) is 4. The zero-order valence-electron chi connectivity index (χ0n) is 10.9. The highest BCUT2D eigenvalue weighted by Crippen LogP contribution is 2.13. The molecule has 6 nitrogen and oxygen atoms in total. The molecule has 0 aromatic carbocycles. The van der Waals surface area contributed by atoms with Crippen LogP contribution in [0, 0.1) is 0 Å². The van der Waals surface area contributed by atoms with Crippen molar-refractivity contribution < 1.29 is 4.79 Å². The molecule has 1 N–H and O–H groups in total. The van der Waals surface area contributed by atoms with E-state index in [1.54, 1.807) is 34.2 Å². The van der Waals surface area contributed by atoms with E-state index >= 15 is 0 Å². The van der Waals surface area contributed by atoms with Gasteiger partial charge in [-0.05, 0) is 19.4 Å². The van der Waals surface area contributed by atoms with Crippen LogP contribution in [0.15, 0.2) is 24.8 Å². The molecule has 0 saturated carbocycles. The maximum atomic E-state index is 12.4. The van der Waals surface area contributed by atoms with Crippen LogP contribution in [0.5, 0.6) is 0 Å². The summed E-state index contributed by atoms with van der Waals surface area (Å²) in [6.07, 6.45) is 8.99. The van der Waals surface area contributed by atoms with E-state index < -0.39 is 0 Å². The van der Waals surface area contributed by atoms with Gasteiger partial charge in [0.05, 0.1) is 23.5 Å². The molecule has 0 spiro atoms. The van der Waals surface area contributed by atoms with Crippen molar-refractivity contribution in [2.75, 3.05) is 20.1 Å². The molecule has 19 heavy (non-hydrogen) atoms. The summed E-state index contributed by atoms with van der Waals surface area (Å²) in [6, 6.07) is 0.411. The number of carbonyl (C=O) groups is 1.